The zero-order valence-electron chi connectivity index (χ0n) is 10.9. The van der Waals surface area contributed by atoms with Crippen LogP contribution in [0.3, 0.4) is 0 Å². The molecule has 0 aliphatic carbocycles. The van der Waals surface area contributed by atoms with Gasteiger partial charge >= 0.3 is 0 Å². The van der Waals surface area contributed by atoms with Gasteiger partial charge in [-0.3, -0.25) is 4.68 Å². The Morgan fingerprint density at radius 2 is 2.22 bits per heavy atom. The van der Waals surface area contributed by atoms with Gasteiger partial charge in [-0.25, -0.2) is 4.98 Å². The van der Waals surface area contributed by atoms with Gasteiger partial charge in [-0.2, -0.15) is 5.10 Å². The van der Waals surface area contributed by atoms with E-state index < -0.39 is 0 Å². The third-order valence-electron chi connectivity index (χ3n) is 2.91. The maximum Gasteiger partial charge on any atom is 0.123 e. The number of halogens is 1. The first-order valence-corrected chi connectivity index (χ1v) is 6.83. The number of hydrogen-bond donors (Lipinski definition) is 1. The number of nitrogens with zero attached hydrogens (tertiary/aromatic N) is 4. The van der Waals surface area contributed by atoms with Crippen LogP contribution in [0.5, 0.6) is 0 Å². The first-order valence-electron chi connectivity index (χ1n) is 6.03. The summed E-state index contributed by atoms with van der Waals surface area (Å²) in [7, 11) is 1.93. The molecule has 6 heteroatoms. The van der Waals surface area contributed by atoms with Crippen LogP contribution in [0, 0.1) is 6.92 Å². The largest absolute Gasteiger partial charge is 0.328 e. The number of aromatic nitrogens is 4. The molecule has 0 bridgehead atoms. The van der Waals surface area contributed by atoms with Crippen LogP contribution >= 0.6 is 15.9 Å². The van der Waals surface area contributed by atoms with Gasteiger partial charge < -0.3 is 9.88 Å². The van der Waals surface area contributed by atoms with E-state index in [-0.39, 0.29) is 0 Å². The third-order valence-corrected chi connectivity index (χ3v) is 3.94. The van der Waals surface area contributed by atoms with E-state index in [4.69, 9.17) is 0 Å². The fourth-order valence-electron chi connectivity index (χ4n) is 1.99. The highest BCUT2D eigenvalue weighted by Gasteiger charge is 2.13. The molecular formula is C12H18BrN5. The lowest BCUT2D eigenvalue weighted by atomic mass is 10.3. The van der Waals surface area contributed by atoms with Gasteiger partial charge in [0.25, 0.3) is 0 Å². The molecule has 18 heavy (non-hydrogen) atoms. The smallest absolute Gasteiger partial charge is 0.123 e. The number of aryl methyl sites for hydroxylation is 2. The van der Waals surface area contributed by atoms with Crippen LogP contribution < -0.4 is 5.32 Å². The van der Waals surface area contributed by atoms with Gasteiger partial charge in [-0.05, 0) is 36.8 Å². The molecule has 2 rings (SSSR count). The predicted octanol–water partition coefficient (Wildman–Crippen LogP) is 1.94. The van der Waals surface area contributed by atoms with Gasteiger partial charge in [-0.15, -0.1) is 0 Å². The topological polar surface area (TPSA) is 47.7 Å². The Bertz CT molecular complexity index is 529. The molecule has 2 aromatic rings. The summed E-state index contributed by atoms with van der Waals surface area (Å²) in [5, 5.41) is 7.63. The summed E-state index contributed by atoms with van der Waals surface area (Å²) in [6.45, 7) is 6.54. The van der Waals surface area contributed by atoms with Gasteiger partial charge in [0.05, 0.1) is 29.0 Å². The second-order valence-corrected chi connectivity index (χ2v) is 4.96. The summed E-state index contributed by atoms with van der Waals surface area (Å²) >= 11 is 3.62. The summed E-state index contributed by atoms with van der Waals surface area (Å²) in [5.41, 5.74) is 2.22. The van der Waals surface area contributed by atoms with Crippen LogP contribution in [-0.2, 0) is 19.6 Å². The Hall–Kier alpha value is -1.14. The second-order valence-electron chi connectivity index (χ2n) is 4.16. The van der Waals surface area contributed by atoms with E-state index in [1.165, 1.54) is 5.69 Å². The summed E-state index contributed by atoms with van der Waals surface area (Å²) in [6.07, 6.45) is 3.83. The fourth-order valence-corrected chi connectivity index (χ4v) is 2.40. The van der Waals surface area contributed by atoms with E-state index in [0.29, 0.717) is 0 Å². The Labute approximate surface area is 115 Å². The zero-order valence-corrected chi connectivity index (χ0v) is 12.5. The van der Waals surface area contributed by atoms with Crippen molar-refractivity contribution in [1.82, 2.24) is 24.6 Å². The lowest BCUT2D eigenvalue weighted by Crippen LogP contribution is -2.14. The van der Waals surface area contributed by atoms with Crippen LogP contribution in [0.25, 0.3) is 0 Å². The van der Waals surface area contributed by atoms with Crippen LogP contribution in [0.15, 0.2) is 16.9 Å². The minimum Gasteiger partial charge on any atom is -0.328 e. The van der Waals surface area contributed by atoms with Gasteiger partial charge in [0, 0.05) is 18.9 Å². The third kappa shape index (κ3) is 2.49. The molecule has 2 aromatic heterocycles. The maximum atomic E-state index is 4.51. The van der Waals surface area contributed by atoms with E-state index >= 15 is 0 Å². The molecule has 2 heterocycles. The van der Waals surface area contributed by atoms with Crippen LogP contribution in [-0.4, -0.2) is 26.4 Å². The van der Waals surface area contributed by atoms with Crippen molar-refractivity contribution < 1.29 is 0 Å². The van der Waals surface area contributed by atoms with Gasteiger partial charge in [0.1, 0.15) is 5.82 Å². The second kappa shape index (κ2) is 5.67. The van der Waals surface area contributed by atoms with Gasteiger partial charge in [-0.1, -0.05) is 0 Å². The van der Waals surface area contributed by atoms with Gasteiger partial charge in [0.2, 0.25) is 0 Å². The quantitative estimate of drug-likeness (QED) is 0.918. The Morgan fingerprint density at radius 3 is 2.89 bits per heavy atom. The van der Waals surface area contributed by atoms with Crippen LogP contribution in [0.1, 0.15) is 24.1 Å². The predicted molar refractivity (Wildman–Crippen MR) is 74.4 cm³/mol. The number of imidazole rings is 1. The summed E-state index contributed by atoms with van der Waals surface area (Å²) in [4.78, 5) is 4.35. The average molecular weight is 312 g/mol. The minimum absolute atomic E-state index is 0.768. The Kier molecular flexibility index (Phi) is 4.19. The molecule has 0 spiro atoms. The van der Waals surface area contributed by atoms with E-state index in [2.05, 4.69) is 42.8 Å². The minimum atomic E-state index is 0.768. The first-order chi connectivity index (χ1) is 8.67. The van der Waals surface area contributed by atoms with E-state index in [0.717, 1.165) is 35.6 Å². The molecule has 1 N–H and O–H groups in total. The monoisotopic (exact) mass is 311 g/mol. The van der Waals surface area contributed by atoms with Crippen molar-refractivity contribution in [3.63, 3.8) is 0 Å². The van der Waals surface area contributed by atoms with Crippen molar-refractivity contribution in [2.24, 2.45) is 0 Å². The number of hydrogen-bond acceptors (Lipinski definition) is 3. The number of rotatable bonds is 5. The van der Waals surface area contributed by atoms with E-state index in [1.807, 2.05) is 31.0 Å². The molecular weight excluding hydrogens is 294 g/mol. The van der Waals surface area contributed by atoms with Crippen molar-refractivity contribution in [3.8, 4) is 0 Å². The highest BCUT2D eigenvalue weighted by molar-refractivity contribution is 9.10. The molecule has 0 saturated heterocycles. The standard InChI is InChI=1S/C12H18BrN5/c1-4-18-10(12(13)9(2)16-18)8-17-6-5-15-11(17)7-14-3/h5-6,14H,4,7-8H2,1-3H3. The fraction of sp³-hybridized carbons (Fsp3) is 0.500. The molecule has 0 amide bonds. The SMILES string of the molecule is CCn1nc(C)c(Br)c1Cn1ccnc1CNC. The van der Waals surface area contributed by atoms with Crippen molar-refractivity contribution in [2.45, 2.75) is 33.5 Å². The summed E-state index contributed by atoms with van der Waals surface area (Å²) in [6, 6.07) is 0. The first kappa shape index (κ1) is 13.3. The average Bonchev–Trinajstić information content (AvgIpc) is 2.90. The summed E-state index contributed by atoms with van der Waals surface area (Å²) < 4.78 is 5.26. The number of nitrogens with one attached hydrogen (secondary N) is 1. The van der Waals surface area contributed by atoms with Crippen LogP contribution in [0.2, 0.25) is 0 Å². The summed E-state index contributed by atoms with van der Waals surface area (Å²) in [5.74, 6) is 1.03. The Balaban J connectivity index is 2.30. The molecule has 0 saturated carbocycles. The molecule has 5 nitrogen and oxygen atoms in total. The Morgan fingerprint density at radius 1 is 1.44 bits per heavy atom. The normalized spacial score (nSPS) is 11.1. The molecule has 0 aliphatic heterocycles. The van der Waals surface area contributed by atoms with Crippen molar-refractivity contribution >= 4 is 15.9 Å². The van der Waals surface area contributed by atoms with Crippen molar-refractivity contribution in [2.75, 3.05) is 7.05 Å². The molecule has 0 unspecified atom stereocenters. The molecule has 0 radical (unpaired) electrons. The van der Waals surface area contributed by atoms with E-state index in [1.54, 1.807) is 0 Å². The zero-order chi connectivity index (χ0) is 13.1. The lowest BCUT2D eigenvalue weighted by molar-refractivity contribution is 0.581. The lowest BCUT2D eigenvalue weighted by Gasteiger charge is -2.09. The molecule has 0 atom stereocenters. The van der Waals surface area contributed by atoms with E-state index in [9.17, 15) is 0 Å². The van der Waals surface area contributed by atoms with Crippen molar-refractivity contribution in [3.05, 3.63) is 34.1 Å². The highest BCUT2D eigenvalue weighted by Crippen LogP contribution is 2.22. The molecule has 0 aromatic carbocycles. The maximum absolute atomic E-state index is 4.51. The molecule has 0 fully saturated rings. The van der Waals surface area contributed by atoms with Gasteiger partial charge in [0.15, 0.2) is 0 Å². The van der Waals surface area contributed by atoms with Crippen LogP contribution in [0.4, 0.5) is 0 Å². The molecule has 0 aliphatic rings. The molecule has 98 valence electrons. The van der Waals surface area contributed by atoms with Crippen molar-refractivity contribution in [1.29, 1.82) is 0 Å². The highest BCUT2D eigenvalue weighted by atomic mass is 79.9.